The first-order valence-corrected chi connectivity index (χ1v) is 5.02. The van der Waals surface area contributed by atoms with Crippen LogP contribution in [0.15, 0.2) is 29.5 Å². The summed E-state index contributed by atoms with van der Waals surface area (Å²) < 4.78 is 5.59. The third-order valence-electron chi connectivity index (χ3n) is 2.27. The van der Waals surface area contributed by atoms with E-state index in [9.17, 15) is 0 Å². The molecule has 0 saturated carbocycles. The van der Waals surface area contributed by atoms with Gasteiger partial charge in [-0.3, -0.25) is 0 Å². The predicted molar refractivity (Wildman–Crippen MR) is 59.2 cm³/mol. The van der Waals surface area contributed by atoms with Crippen molar-refractivity contribution in [3.63, 3.8) is 0 Å². The van der Waals surface area contributed by atoms with Crippen molar-refractivity contribution in [1.29, 1.82) is 0 Å². The highest BCUT2D eigenvalue weighted by atomic mass is 16.5. The van der Waals surface area contributed by atoms with Gasteiger partial charge in [-0.25, -0.2) is 4.99 Å². The highest BCUT2D eigenvalue weighted by molar-refractivity contribution is 5.98. The van der Waals surface area contributed by atoms with Crippen molar-refractivity contribution in [2.24, 2.45) is 10.7 Å². The molecule has 1 fully saturated rings. The first kappa shape index (κ1) is 11.0. The summed E-state index contributed by atoms with van der Waals surface area (Å²) in [7, 11) is 0. The molecule has 0 aromatic rings. The van der Waals surface area contributed by atoms with Crippen LogP contribution in [0.1, 0.15) is 26.2 Å². The maximum absolute atomic E-state index is 5.63. The second kappa shape index (κ2) is 5.60. The normalized spacial score (nSPS) is 24.8. The summed E-state index contributed by atoms with van der Waals surface area (Å²) in [5, 5.41) is 0. The summed E-state index contributed by atoms with van der Waals surface area (Å²) in [6.45, 7) is 6.41. The quantitative estimate of drug-likeness (QED) is 0.698. The fourth-order valence-electron chi connectivity index (χ4n) is 1.44. The van der Waals surface area contributed by atoms with Crippen molar-refractivity contribution in [3.05, 3.63) is 24.6 Å². The molecule has 3 nitrogen and oxygen atoms in total. The maximum Gasteiger partial charge on any atom is 0.119 e. The van der Waals surface area contributed by atoms with Gasteiger partial charge in [0.25, 0.3) is 0 Å². The van der Waals surface area contributed by atoms with E-state index in [0.29, 0.717) is 5.82 Å². The van der Waals surface area contributed by atoms with Gasteiger partial charge in [-0.15, -0.1) is 0 Å². The van der Waals surface area contributed by atoms with E-state index in [1.807, 2.05) is 6.92 Å². The van der Waals surface area contributed by atoms with Crippen LogP contribution in [0.2, 0.25) is 0 Å². The van der Waals surface area contributed by atoms with Crippen molar-refractivity contribution < 1.29 is 4.74 Å². The molecule has 1 aliphatic rings. The van der Waals surface area contributed by atoms with Gasteiger partial charge in [0.15, 0.2) is 0 Å². The zero-order valence-corrected chi connectivity index (χ0v) is 8.70. The Labute approximate surface area is 85.4 Å². The van der Waals surface area contributed by atoms with Crippen molar-refractivity contribution in [2.75, 3.05) is 6.61 Å². The van der Waals surface area contributed by atoms with Crippen LogP contribution < -0.4 is 5.73 Å². The summed E-state index contributed by atoms with van der Waals surface area (Å²) in [5.41, 5.74) is 6.47. The molecule has 0 aromatic heterocycles. The zero-order chi connectivity index (χ0) is 10.4. The van der Waals surface area contributed by atoms with E-state index in [0.717, 1.165) is 25.2 Å². The molecule has 0 radical (unpaired) electrons. The Morgan fingerprint density at radius 3 is 2.86 bits per heavy atom. The van der Waals surface area contributed by atoms with Crippen LogP contribution in [0.3, 0.4) is 0 Å². The van der Waals surface area contributed by atoms with Crippen LogP contribution >= 0.6 is 0 Å². The molecule has 0 aromatic carbocycles. The number of nitrogens with two attached hydrogens (primary N) is 1. The second-order valence-electron chi connectivity index (χ2n) is 3.31. The highest BCUT2D eigenvalue weighted by Crippen LogP contribution is 2.15. The third kappa shape index (κ3) is 3.00. The second-order valence-corrected chi connectivity index (χ2v) is 3.31. The molecule has 1 heterocycles. The van der Waals surface area contributed by atoms with Crippen molar-refractivity contribution >= 4 is 5.71 Å². The van der Waals surface area contributed by atoms with Crippen LogP contribution in [-0.4, -0.2) is 18.4 Å². The standard InChI is InChI=1S/C11H18N2O/c1-3-9(13-11(12)4-2)10-7-5-6-8-14-10/h3-4,10H,1,5-8,12H2,2H3/b11-4-,13-9?. The van der Waals surface area contributed by atoms with Crippen LogP contribution in [-0.2, 0) is 4.74 Å². The Kier molecular flexibility index (Phi) is 4.40. The molecule has 78 valence electrons. The molecule has 0 spiro atoms. The Morgan fingerprint density at radius 1 is 1.57 bits per heavy atom. The number of hydrogen-bond donors (Lipinski definition) is 1. The minimum absolute atomic E-state index is 0.0831. The smallest absolute Gasteiger partial charge is 0.119 e. The lowest BCUT2D eigenvalue weighted by atomic mass is 10.0. The molecule has 1 saturated heterocycles. The number of rotatable bonds is 3. The fourth-order valence-corrected chi connectivity index (χ4v) is 1.44. The third-order valence-corrected chi connectivity index (χ3v) is 2.27. The Morgan fingerprint density at radius 2 is 2.36 bits per heavy atom. The molecule has 1 aliphatic heterocycles. The molecule has 0 bridgehead atoms. The van der Waals surface area contributed by atoms with Gasteiger partial charge in [-0.1, -0.05) is 6.58 Å². The highest BCUT2D eigenvalue weighted by Gasteiger charge is 2.17. The van der Waals surface area contributed by atoms with Crippen molar-refractivity contribution in [3.8, 4) is 0 Å². The average Bonchev–Trinajstić information content (AvgIpc) is 2.26. The van der Waals surface area contributed by atoms with E-state index in [4.69, 9.17) is 10.5 Å². The minimum atomic E-state index is 0.0831. The van der Waals surface area contributed by atoms with E-state index in [1.165, 1.54) is 6.42 Å². The summed E-state index contributed by atoms with van der Waals surface area (Å²) in [5.74, 6) is 0.522. The fraction of sp³-hybridized carbons (Fsp3) is 0.545. The van der Waals surface area contributed by atoms with Gasteiger partial charge in [-0.2, -0.15) is 0 Å². The first-order valence-electron chi connectivity index (χ1n) is 5.02. The lowest BCUT2D eigenvalue weighted by molar-refractivity contribution is 0.0592. The van der Waals surface area contributed by atoms with Crippen LogP contribution in [0.4, 0.5) is 0 Å². The molecule has 2 N–H and O–H groups in total. The van der Waals surface area contributed by atoms with Crippen molar-refractivity contribution in [1.82, 2.24) is 0 Å². The molecule has 0 aliphatic carbocycles. The number of aliphatic imine (C=N–C) groups is 1. The molecule has 1 rings (SSSR count). The van der Waals surface area contributed by atoms with Gasteiger partial charge in [0, 0.05) is 6.61 Å². The molecule has 0 amide bonds. The zero-order valence-electron chi connectivity index (χ0n) is 8.70. The van der Waals surface area contributed by atoms with E-state index < -0.39 is 0 Å². The van der Waals surface area contributed by atoms with Crippen LogP contribution in [0.25, 0.3) is 0 Å². The Bertz CT molecular complexity index is 250. The molecule has 1 atom stereocenters. The van der Waals surface area contributed by atoms with Gasteiger partial charge in [-0.05, 0) is 38.3 Å². The van der Waals surface area contributed by atoms with Gasteiger partial charge in [0.05, 0.1) is 11.8 Å². The maximum atomic E-state index is 5.63. The Balaban J connectivity index is 2.69. The lowest BCUT2D eigenvalue weighted by Crippen LogP contribution is -2.27. The summed E-state index contributed by atoms with van der Waals surface area (Å²) in [6, 6.07) is 0. The van der Waals surface area contributed by atoms with Gasteiger partial charge in [0.2, 0.25) is 0 Å². The average molecular weight is 194 g/mol. The summed E-state index contributed by atoms with van der Waals surface area (Å²) in [6.07, 6.45) is 6.92. The van der Waals surface area contributed by atoms with E-state index in [2.05, 4.69) is 11.6 Å². The number of hydrogen-bond acceptors (Lipinski definition) is 3. The predicted octanol–water partition coefficient (Wildman–Crippen LogP) is 2.00. The lowest BCUT2D eigenvalue weighted by Gasteiger charge is -2.22. The molecule has 3 heteroatoms. The summed E-state index contributed by atoms with van der Waals surface area (Å²) >= 11 is 0. The topological polar surface area (TPSA) is 47.6 Å². The largest absolute Gasteiger partial charge is 0.384 e. The number of allylic oxidation sites excluding steroid dienone is 1. The monoisotopic (exact) mass is 194 g/mol. The minimum Gasteiger partial charge on any atom is -0.384 e. The molecular formula is C11H18N2O. The summed E-state index contributed by atoms with van der Waals surface area (Å²) in [4.78, 5) is 4.25. The number of ether oxygens (including phenoxy) is 1. The van der Waals surface area contributed by atoms with Gasteiger partial charge >= 0.3 is 0 Å². The van der Waals surface area contributed by atoms with E-state index in [-0.39, 0.29) is 6.10 Å². The van der Waals surface area contributed by atoms with Gasteiger partial charge in [0.1, 0.15) is 5.82 Å². The van der Waals surface area contributed by atoms with E-state index in [1.54, 1.807) is 12.2 Å². The van der Waals surface area contributed by atoms with Crippen LogP contribution in [0.5, 0.6) is 0 Å². The molecule has 1 unspecified atom stereocenters. The van der Waals surface area contributed by atoms with E-state index >= 15 is 0 Å². The SMILES string of the molecule is C=CC(=N/C(N)=C\C)C1CCCCO1. The molecule has 14 heavy (non-hydrogen) atoms. The number of nitrogens with zero attached hydrogens (tertiary/aromatic N) is 1. The molecular weight excluding hydrogens is 176 g/mol. The van der Waals surface area contributed by atoms with Gasteiger partial charge < -0.3 is 10.5 Å². The van der Waals surface area contributed by atoms with Crippen LogP contribution in [0, 0.1) is 0 Å². The Hall–Kier alpha value is -1.09. The van der Waals surface area contributed by atoms with Crippen molar-refractivity contribution in [2.45, 2.75) is 32.3 Å². The first-order chi connectivity index (χ1) is 6.77.